The van der Waals surface area contributed by atoms with Gasteiger partial charge in [-0.2, -0.15) is 13.2 Å². The van der Waals surface area contributed by atoms with Crippen molar-refractivity contribution in [2.45, 2.75) is 19.3 Å². The van der Waals surface area contributed by atoms with Crippen molar-refractivity contribution in [2.75, 3.05) is 7.05 Å². The van der Waals surface area contributed by atoms with Crippen LogP contribution in [0.15, 0.2) is 42.5 Å². The molecule has 0 bridgehead atoms. The van der Waals surface area contributed by atoms with Crippen molar-refractivity contribution in [3.8, 4) is 11.1 Å². The highest BCUT2D eigenvalue weighted by Crippen LogP contribution is 2.38. The third kappa shape index (κ3) is 3.04. The van der Waals surface area contributed by atoms with Crippen LogP contribution in [-0.4, -0.2) is 18.0 Å². The van der Waals surface area contributed by atoms with Crippen LogP contribution in [0.3, 0.4) is 0 Å². The highest BCUT2D eigenvalue weighted by Gasteiger charge is 2.32. The summed E-state index contributed by atoms with van der Waals surface area (Å²) in [5.41, 5.74) is 2.86. The van der Waals surface area contributed by atoms with Gasteiger partial charge in [-0.25, -0.2) is 9.78 Å². The summed E-state index contributed by atoms with van der Waals surface area (Å²) in [5.74, 6) is -0.506. The Morgan fingerprint density at radius 3 is 2.52 bits per heavy atom. The van der Waals surface area contributed by atoms with Gasteiger partial charge in [-0.1, -0.05) is 24.3 Å². The van der Waals surface area contributed by atoms with Crippen molar-refractivity contribution in [3.63, 3.8) is 0 Å². The minimum absolute atomic E-state index is 0.0635. The number of aromatic nitrogens is 1. The van der Waals surface area contributed by atoms with Gasteiger partial charge in [0.25, 0.3) is 0 Å². The number of benzene rings is 2. The predicted octanol–water partition coefficient (Wildman–Crippen LogP) is 4.31. The van der Waals surface area contributed by atoms with Crippen LogP contribution in [0.1, 0.15) is 27.2 Å². The molecule has 27 heavy (non-hydrogen) atoms. The van der Waals surface area contributed by atoms with E-state index >= 15 is 0 Å². The quantitative estimate of drug-likeness (QED) is 0.696. The monoisotopic (exact) mass is 372 g/mol. The molecule has 0 amide bonds. The zero-order valence-corrected chi connectivity index (χ0v) is 14.4. The van der Waals surface area contributed by atoms with Gasteiger partial charge in [0.1, 0.15) is 6.61 Å². The molecule has 0 fully saturated rings. The molecule has 0 saturated carbocycles. The summed E-state index contributed by atoms with van der Waals surface area (Å²) in [6.45, 7) is 0.716. The number of nitrogens with one attached hydrogen (secondary N) is 1. The van der Waals surface area contributed by atoms with Gasteiger partial charge in [0.15, 0.2) is 0 Å². The Morgan fingerprint density at radius 2 is 1.85 bits per heavy atom. The second-order valence-corrected chi connectivity index (χ2v) is 6.34. The Kier molecular flexibility index (Phi) is 4.11. The SMILES string of the molecule is CNCc1ccc2c(-c3ccc(C(F)(F)F)cc3)c3c(nc2c1)COC3=O. The fraction of sp³-hybridized carbons (Fsp3) is 0.200. The van der Waals surface area contributed by atoms with Gasteiger partial charge in [0, 0.05) is 17.5 Å². The van der Waals surface area contributed by atoms with E-state index in [0.717, 1.165) is 17.7 Å². The number of hydrogen-bond acceptors (Lipinski definition) is 4. The Morgan fingerprint density at radius 1 is 1.11 bits per heavy atom. The summed E-state index contributed by atoms with van der Waals surface area (Å²) >= 11 is 0. The van der Waals surface area contributed by atoms with Crippen molar-refractivity contribution in [1.29, 1.82) is 0 Å². The number of alkyl halides is 3. The summed E-state index contributed by atoms with van der Waals surface area (Å²) in [6.07, 6.45) is -4.41. The van der Waals surface area contributed by atoms with E-state index in [0.29, 0.717) is 39.8 Å². The van der Waals surface area contributed by atoms with Crippen molar-refractivity contribution in [3.05, 3.63) is 64.8 Å². The van der Waals surface area contributed by atoms with Gasteiger partial charge in [0.05, 0.1) is 22.3 Å². The normalized spacial score (nSPS) is 13.7. The van der Waals surface area contributed by atoms with E-state index in [1.54, 1.807) is 0 Å². The van der Waals surface area contributed by atoms with Crippen LogP contribution in [-0.2, 0) is 24.1 Å². The number of halogens is 3. The fourth-order valence-electron chi connectivity index (χ4n) is 3.33. The molecule has 7 heteroatoms. The number of hydrogen-bond donors (Lipinski definition) is 1. The summed E-state index contributed by atoms with van der Waals surface area (Å²) in [7, 11) is 1.83. The largest absolute Gasteiger partial charge is 0.455 e. The van der Waals surface area contributed by atoms with Gasteiger partial charge in [-0.3, -0.25) is 0 Å². The first-order valence-electron chi connectivity index (χ1n) is 8.33. The molecule has 4 nitrogen and oxygen atoms in total. The smallest absolute Gasteiger partial charge is 0.416 e. The second-order valence-electron chi connectivity index (χ2n) is 6.34. The van der Waals surface area contributed by atoms with E-state index in [4.69, 9.17) is 4.74 Å². The lowest BCUT2D eigenvalue weighted by Gasteiger charge is -2.13. The number of nitrogens with zero attached hydrogens (tertiary/aromatic N) is 1. The maximum absolute atomic E-state index is 12.9. The van der Waals surface area contributed by atoms with Crippen LogP contribution in [0.25, 0.3) is 22.0 Å². The average molecular weight is 372 g/mol. The standard InChI is InChI=1S/C20H15F3N2O2/c1-24-9-11-2-7-14-15(8-11)25-16-10-27-19(26)18(16)17(14)12-3-5-13(6-4-12)20(21,22)23/h2-8,24H,9-10H2,1H3. The number of cyclic esters (lactones) is 1. The van der Waals surface area contributed by atoms with E-state index in [1.165, 1.54) is 12.1 Å². The minimum atomic E-state index is -4.41. The fourth-order valence-corrected chi connectivity index (χ4v) is 3.33. The van der Waals surface area contributed by atoms with Gasteiger partial charge in [0.2, 0.25) is 0 Å². The molecular weight excluding hydrogens is 357 g/mol. The summed E-state index contributed by atoms with van der Waals surface area (Å²) in [6, 6.07) is 10.4. The van der Waals surface area contributed by atoms with Crippen molar-refractivity contribution >= 4 is 16.9 Å². The number of carbonyl (C=O) groups is 1. The van der Waals surface area contributed by atoms with Crippen molar-refractivity contribution < 1.29 is 22.7 Å². The van der Waals surface area contributed by atoms with Gasteiger partial charge < -0.3 is 10.1 Å². The molecule has 0 saturated heterocycles. The second kappa shape index (κ2) is 6.35. The average Bonchev–Trinajstić information content (AvgIpc) is 3.00. The maximum Gasteiger partial charge on any atom is 0.416 e. The Balaban J connectivity index is 1.95. The van der Waals surface area contributed by atoms with E-state index in [1.807, 2.05) is 25.2 Å². The molecule has 1 aliphatic heterocycles. The van der Waals surface area contributed by atoms with Crippen LogP contribution >= 0.6 is 0 Å². The van der Waals surface area contributed by atoms with Crippen LogP contribution in [0.2, 0.25) is 0 Å². The molecule has 4 rings (SSSR count). The third-order valence-corrected chi connectivity index (χ3v) is 4.55. The lowest BCUT2D eigenvalue weighted by molar-refractivity contribution is -0.137. The van der Waals surface area contributed by atoms with Crippen LogP contribution in [0, 0.1) is 0 Å². The number of pyridine rings is 1. The third-order valence-electron chi connectivity index (χ3n) is 4.55. The number of ether oxygens (including phenoxy) is 1. The molecule has 0 atom stereocenters. The van der Waals surface area contributed by atoms with Gasteiger partial charge in [-0.05, 0) is 36.4 Å². The van der Waals surface area contributed by atoms with E-state index < -0.39 is 17.7 Å². The zero-order valence-electron chi connectivity index (χ0n) is 14.4. The summed E-state index contributed by atoms with van der Waals surface area (Å²) in [4.78, 5) is 16.8. The molecule has 0 aliphatic carbocycles. The number of rotatable bonds is 3. The van der Waals surface area contributed by atoms with E-state index in [2.05, 4.69) is 10.3 Å². The van der Waals surface area contributed by atoms with E-state index in [-0.39, 0.29) is 6.61 Å². The summed E-state index contributed by atoms with van der Waals surface area (Å²) < 4.78 is 43.8. The first kappa shape index (κ1) is 17.5. The molecule has 0 spiro atoms. The Labute approximate surface area is 153 Å². The molecule has 0 radical (unpaired) electrons. The number of carbonyl (C=O) groups excluding carboxylic acids is 1. The Hall–Kier alpha value is -2.93. The topological polar surface area (TPSA) is 51.2 Å². The Bertz CT molecular complexity index is 1040. The first-order valence-corrected chi connectivity index (χ1v) is 8.33. The van der Waals surface area contributed by atoms with Gasteiger partial charge in [-0.15, -0.1) is 0 Å². The lowest BCUT2D eigenvalue weighted by atomic mass is 9.93. The maximum atomic E-state index is 12.9. The molecular formula is C20H15F3N2O2. The highest BCUT2D eigenvalue weighted by molar-refractivity contribution is 6.09. The number of esters is 1. The number of fused-ring (bicyclic) bond motifs is 2. The van der Waals surface area contributed by atoms with Crippen molar-refractivity contribution in [1.82, 2.24) is 10.3 Å². The van der Waals surface area contributed by atoms with Crippen LogP contribution < -0.4 is 5.32 Å². The van der Waals surface area contributed by atoms with Crippen LogP contribution in [0.5, 0.6) is 0 Å². The minimum Gasteiger partial charge on any atom is -0.455 e. The summed E-state index contributed by atoms with van der Waals surface area (Å²) in [5, 5.41) is 3.76. The first-order chi connectivity index (χ1) is 12.9. The molecule has 1 N–H and O–H groups in total. The molecule has 1 aliphatic rings. The molecule has 3 aromatic rings. The zero-order chi connectivity index (χ0) is 19.2. The van der Waals surface area contributed by atoms with Crippen LogP contribution in [0.4, 0.5) is 13.2 Å². The van der Waals surface area contributed by atoms with E-state index in [9.17, 15) is 18.0 Å². The highest BCUT2D eigenvalue weighted by atomic mass is 19.4. The predicted molar refractivity (Wildman–Crippen MR) is 94.1 cm³/mol. The molecule has 0 unspecified atom stereocenters. The lowest BCUT2D eigenvalue weighted by Crippen LogP contribution is -2.06. The molecule has 1 aromatic heterocycles. The van der Waals surface area contributed by atoms with Gasteiger partial charge >= 0.3 is 12.1 Å². The molecule has 2 heterocycles. The molecule has 2 aromatic carbocycles. The molecule has 138 valence electrons. The van der Waals surface area contributed by atoms with Crippen molar-refractivity contribution in [2.24, 2.45) is 0 Å².